The van der Waals surface area contributed by atoms with Crippen molar-refractivity contribution in [3.63, 3.8) is 0 Å². The maximum absolute atomic E-state index is 12.6. The van der Waals surface area contributed by atoms with Gasteiger partial charge in [-0.25, -0.2) is 4.98 Å². The van der Waals surface area contributed by atoms with E-state index < -0.39 is 0 Å². The van der Waals surface area contributed by atoms with Crippen LogP contribution < -0.4 is 5.32 Å². The largest absolute Gasteiger partial charge is 0.350 e. The molecule has 0 atom stereocenters. The molecule has 23 heavy (non-hydrogen) atoms. The zero-order valence-electron chi connectivity index (χ0n) is 13.7. The highest BCUT2D eigenvalue weighted by Crippen LogP contribution is 2.21. The summed E-state index contributed by atoms with van der Waals surface area (Å²) in [6, 6.07) is 2.01. The fraction of sp³-hybridized carbons (Fsp3) is 0.444. The van der Waals surface area contributed by atoms with Gasteiger partial charge in [-0.2, -0.15) is 0 Å². The standard InChI is InChI=1S/C18H22BrN3O/c1-12-10-15(19)11-22-16(13(2)21-17(12)22)18(23)20-9-8-14-6-4-3-5-7-14/h6,10-11H,3-5,7-9H2,1-2H3,(H,20,23). The van der Waals surface area contributed by atoms with E-state index in [0.29, 0.717) is 12.2 Å². The lowest BCUT2D eigenvalue weighted by Crippen LogP contribution is -2.26. The molecule has 0 spiro atoms. The molecule has 4 nitrogen and oxygen atoms in total. The summed E-state index contributed by atoms with van der Waals surface area (Å²) >= 11 is 3.49. The summed E-state index contributed by atoms with van der Waals surface area (Å²) in [6.07, 6.45) is 10.1. The van der Waals surface area contributed by atoms with E-state index in [9.17, 15) is 4.79 Å². The average molecular weight is 376 g/mol. The maximum Gasteiger partial charge on any atom is 0.270 e. The predicted octanol–water partition coefficient (Wildman–Crippen LogP) is 4.33. The number of halogens is 1. The van der Waals surface area contributed by atoms with E-state index in [-0.39, 0.29) is 5.91 Å². The minimum absolute atomic E-state index is 0.0519. The zero-order valence-corrected chi connectivity index (χ0v) is 15.2. The number of rotatable bonds is 4. The molecule has 0 saturated carbocycles. The van der Waals surface area contributed by atoms with Crippen LogP contribution in [-0.4, -0.2) is 21.8 Å². The van der Waals surface area contributed by atoms with Gasteiger partial charge in [-0.1, -0.05) is 11.6 Å². The van der Waals surface area contributed by atoms with Gasteiger partial charge in [-0.15, -0.1) is 0 Å². The highest BCUT2D eigenvalue weighted by atomic mass is 79.9. The van der Waals surface area contributed by atoms with Crippen LogP contribution in [-0.2, 0) is 0 Å². The number of carbonyl (C=O) groups excluding carboxylic acids is 1. The van der Waals surface area contributed by atoms with Gasteiger partial charge in [0.25, 0.3) is 5.91 Å². The van der Waals surface area contributed by atoms with Crippen molar-refractivity contribution in [1.29, 1.82) is 0 Å². The van der Waals surface area contributed by atoms with Crippen LogP contribution in [0.2, 0.25) is 0 Å². The molecule has 1 amide bonds. The molecule has 0 unspecified atom stereocenters. The summed E-state index contributed by atoms with van der Waals surface area (Å²) in [5.74, 6) is -0.0519. The normalized spacial score (nSPS) is 14.8. The predicted molar refractivity (Wildman–Crippen MR) is 95.9 cm³/mol. The number of fused-ring (bicyclic) bond motifs is 1. The lowest BCUT2D eigenvalue weighted by molar-refractivity contribution is 0.0947. The number of nitrogens with one attached hydrogen (secondary N) is 1. The molecule has 0 fully saturated rings. The van der Waals surface area contributed by atoms with Crippen LogP contribution in [0.4, 0.5) is 0 Å². The molecule has 2 heterocycles. The van der Waals surface area contributed by atoms with E-state index >= 15 is 0 Å². The molecule has 1 aliphatic carbocycles. The number of aryl methyl sites for hydroxylation is 2. The molecule has 0 saturated heterocycles. The summed E-state index contributed by atoms with van der Waals surface area (Å²) < 4.78 is 2.82. The van der Waals surface area contributed by atoms with Crippen molar-refractivity contribution in [2.24, 2.45) is 0 Å². The molecule has 0 aliphatic heterocycles. The van der Waals surface area contributed by atoms with Crippen LogP contribution in [0.1, 0.15) is 53.8 Å². The molecule has 1 N–H and O–H groups in total. The number of allylic oxidation sites excluding steroid dienone is 1. The maximum atomic E-state index is 12.6. The second-order valence-corrected chi connectivity index (χ2v) is 7.11. The minimum Gasteiger partial charge on any atom is -0.350 e. The summed E-state index contributed by atoms with van der Waals surface area (Å²) in [4.78, 5) is 17.1. The topological polar surface area (TPSA) is 46.4 Å². The Balaban J connectivity index is 1.75. The van der Waals surface area contributed by atoms with Crippen LogP contribution in [0.25, 0.3) is 5.65 Å². The van der Waals surface area contributed by atoms with E-state index in [0.717, 1.165) is 27.8 Å². The number of pyridine rings is 1. The van der Waals surface area contributed by atoms with Gasteiger partial charge in [0.15, 0.2) is 0 Å². The summed E-state index contributed by atoms with van der Waals surface area (Å²) in [5.41, 5.74) is 4.76. The molecular weight excluding hydrogens is 354 g/mol. The molecule has 3 rings (SSSR count). The number of aromatic nitrogens is 2. The number of amides is 1. The Labute approximate surface area is 145 Å². The second-order valence-electron chi connectivity index (χ2n) is 6.19. The van der Waals surface area contributed by atoms with Gasteiger partial charge in [-0.05, 0) is 73.5 Å². The van der Waals surface area contributed by atoms with Crippen molar-refractivity contribution in [2.45, 2.75) is 46.0 Å². The highest BCUT2D eigenvalue weighted by Gasteiger charge is 2.18. The third kappa shape index (κ3) is 3.50. The van der Waals surface area contributed by atoms with Gasteiger partial charge < -0.3 is 5.32 Å². The third-order valence-electron chi connectivity index (χ3n) is 4.38. The van der Waals surface area contributed by atoms with Crippen molar-refractivity contribution < 1.29 is 4.79 Å². The molecule has 0 aromatic carbocycles. The van der Waals surface area contributed by atoms with E-state index in [1.807, 2.05) is 30.5 Å². The van der Waals surface area contributed by atoms with E-state index in [4.69, 9.17) is 0 Å². The van der Waals surface area contributed by atoms with Crippen molar-refractivity contribution in [1.82, 2.24) is 14.7 Å². The van der Waals surface area contributed by atoms with E-state index in [1.54, 1.807) is 0 Å². The Hall–Kier alpha value is -1.62. The smallest absolute Gasteiger partial charge is 0.270 e. The Bertz CT molecular complexity index is 776. The van der Waals surface area contributed by atoms with Crippen LogP contribution in [0.15, 0.2) is 28.4 Å². The molecule has 122 valence electrons. The van der Waals surface area contributed by atoms with Crippen LogP contribution in [0.3, 0.4) is 0 Å². The first-order valence-corrected chi connectivity index (χ1v) is 8.96. The first-order valence-electron chi connectivity index (χ1n) is 8.17. The van der Waals surface area contributed by atoms with Crippen LogP contribution in [0, 0.1) is 13.8 Å². The molecule has 2 aromatic rings. The third-order valence-corrected chi connectivity index (χ3v) is 4.81. The van der Waals surface area contributed by atoms with Crippen molar-refractivity contribution >= 4 is 27.5 Å². The average Bonchev–Trinajstić information content (AvgIpc) is 2.85. The fourth-order valence-electron chi connectivity index (χ4n) is 3.21. The number of nitrogens with zero attached hydrogens (tertiary/aromatic N) is 2. The van der Waals surface area contributed by atoms with Crippen molar-refractivity contribution in [3.05, 3.63) is 45.3 Å². The Morgan fingerprint density at radius 3 is 2.96 bits per heavy atom. The van der Waals surface area contributed by atoms with Gasteiger partial charge in [0, 0.05) is 17.2 Å². The van der Waals surface area contributed by atoms with Gasteiger partial charge >= 0.3 is 0 Å². The Morgan fingerprint density at radius 1 is 1.39 bits per heavy atom. The zero-order chi connectivity index (χ0) is 16.4. The van der Waals surface area contributed by atoms with Crippen LogP contribution in [0.5, 0.6) is 0 Å². The summed E-state index contributed by atoms with van der Waals surface area (Å²) in [6.45, 7) is 4.58. The van der Waals surface area contributed by atoms with E-state index in [1.165, 1.54) is 31.3 Å². The SMILES string of the molecule is Cc1nc2c(C)cc(Br)cn2c1C(=O)NCCC1=CCCCC1. The van der Waals surface area contributed by atoms with Crippen molar-refractivity contribution in [3.8, 4) is 0 Å². The lowest BCUT2D eigenvalue weighted by Gasteiger charge is -2.13. The number of imidazole rings is 1. The van der Waals surface area contributed by atoms with E-state index in [2.05, 4.69) is 32.3 Å². The Kier molecular flexibility index (Phi) is 4.85. The Morgan fingerprint density at radius 2 is 2.22 bits per heavy atom. The number of carbonyl (C=O) groups is 1. The van der Waals surface area contributed by atoms with Gasteiger partial charge in [0.2, 0.25) is 0 Å². The van der Waals surface area contributed by atoms with Gasteiger partial charge in [0.05, 0.1) is 5.69 Å². The highest BCUT2D eigenvalue weighted by molar-refractivity contribution is 9.10. The first kappa shape index (κ1) is 16.2. The quantitative estimate of drug-likeness (QED) is 0.808. The lowest BCUT2D eigenvalue weighted by atomic mass is 9.97. The fourth-order valence-corrected chi connectivity index (χ4v) is 3.76. The molecule has 0 bridgehead atoms. The molecule has 0 radical (unpaired) electrons. The van der Waals surface area contributed by atoms with Crippen molar-refractivity contribution in [2.75, 3.05) is 6.54 Å². The molecule has 1 aliphatic rings. The molecule has 5 heteroatoms. The van der Waals surface area contributed by atoms with Gasteiger partial charge in [-0.3, -0.25) is 9.20 Å². The summed E-state index contributed by atoms with van der Waals surface area (Å²) in [7, 11) is 0. The minimum atomic E-state index is -0.0519. The molecular formula is C18H22BrN3O. The number of hydrogen-bond acceptors (Lipinski definition) is 2. The first-order chi connectivity index (χ1) is 11.1. The molecule has 2 aromatic heterocycles. The van der Waals surface area contributed by atoms with Gasteiger partial charge in [0.1, 0.15) is 11.3 Å². The number of hydrogen-bond donors (Lipinski definition) is 1. The van der Waals surface area contributed by atoms with Crippen LogP contribution >= 0.6 is 15.9 Å². The monoisotopic (exact) mass is 375 g/mol. The summed E-state index contributed by atoms with van der Waals surface area (Å²) in [5, 5.41) is 3.05. The second kappa shape index (κ2) is 6.87.